The number of rotatable bonds is 7. The van der Waals surface area contributed by atoms with Crippen LogP contribution in [0.25, 0.3) is 11.1 Å². The van der Waals surface area contributed by atoms with Crippen LogP contribution in [0.4, 0.5) is 0 Å². The highest BCUT2D eigenvalue weighted by Crippen LogP contribution is 2.26. The van der Waals surface area contributed by atoms with Crippen LogP contribution in [0.3, 0.4) is 0 Å². The third kappa shape index (κ3) is 5.98. The fourth-order valence-corrected chi connectivity index (χ4v) is 4.30. The van der Waals surface area contributed by atoms with Crippen molar-refractivity contribution in [2.75, 3.05) is 33.3 Å². The van der Waals surface area contributed by atoms with Gasteiger partial charge in [-0.25, -0.2) is 0 Å². The number of methoxy groups -OCH3 is 1. The summed E-state index contributed by atoms with van der Waals surface area (Å²) < 4.78 is 4.74. The Morgan fingerprint density at radius 2 is 1.41 bits per heavy atom. The van der Waals surface area contributed by atoms with Crippen LogP contribution in [0.2, 0.25) is 5.02 Å². The minimum atomic E-state index is -0.202. The van der Waals surface area contributed by atoms with E-state index in [1.54, 1.807) is 0 Å². The summed E-state index contributed by atoms with van der Waals surface area (Å²) in [6.45, 7) is 6.09. The van der Waals surface area contributed by atoms with E-state index in [1.807, 2.05) is 24.3 Å². The molecule has 0 aliphatic carbocycles. The molecule has 1 saturated heterocycles. The maximum atomic E-state index is 11.4. The third-order valence-electron chi connectivity index (χ3n) is 6.04. The van der Waals surface area contributed by atoms with E-state index in [-0.39, 0.29) is 5.97 Å². The highest BCUT2D eigenvalue weighted by Gasteiger charge is 2.18. The van der Waals surface area contributed by atoms with Gasteiger partial charge in [-0.15, -0.1) is 0 Å². The highest BCUT2D eigenvalue weighted by molar-refractivity contribution is 6.30. The second-order valence-electron chi connectivity index (χ2n) is 8.29. The average Bonchev–Trinajstić information content (AvgIpc) is 2.82. The lowest BCUT2D eigenvalue weighted by molar-refractivity contribution is -0.139. The predicted octanol–water partition coefficient (Wildman–Crippen LogP) is 5.04. The van der Waals surface area contributed by atoms with Gasteiger partial charge < -0.3 is 4.74 Å². The summed E-state index contributed by atoms with van der Waals surface area (Å²) >= 11 is 6.07. The average molecular weight is 449 g/mol. The Kier molecular flexibility index (Phi) is 7.59. The van der Waals surface area contributed by atoms with Gasteiger partial charge in [0.25, 0.3) is 0 Å². The van der Waals surface area contributed by atoms with E-state index in [4.69, 9.17) is 16.3 Å². The van der Waals surface area contributed by atoms with E-state index in [0.29, 0.717) is 6.42 Å². The van der Waals surface area contributed by atoms with E-state index < -0.39 is 0 Å². The van der Waals surface area contributed by atoms with Gasteiger partial charge in [-0.1, -0.05) is 72.3 Å². The molecule has 0 saturated carbocycles. The van der Waals surface area contributed by atoms with E-state index in [9.17, 15) is 4.79 Å². The number of carbonyl (C=O) groups excluding carboxylic acids is 1. The highest BCUT2D eigenvalue weighted by atomic mass is 35.5. The number of benzene rings is 3. The second-order valence-corrected chi connectivity index (χ2v) is 8.72. The summed E-state index contributed by atoms with van der Waals surface area (Å²) in [7, 11) is 1.42. The normalized spacial score (nSPS) is 14.9. The summed E-state index contributed by atoms with van der Waals surface area (Å²) in [4.78, 5) is 16.4. The minimum Gasteiger partial charge on any atom is -0.469 e. The molecule has 0 spiro atoms. The van der Waals surface area contributed by atoms with Crippen molar-refractivity contribution in [2.24, 2.45) is 0 Å². The Morgan fingerprint density at radius 1 is 0.812 bits per heavy atom. The van der Waals surface area contributed by atoms with Gasteiger partial charge in [0, 0.05) is 44.3 Å². The Bertz CT molecular complexity index is 1030. The number of nitrogens with zero attached hydrogens (tertiary/aromatic N) is 2. The van der Waals surface area contributed by atoms with Crippen LogP contribution in [0.1, 0.15) is 16.7 Å². The molecule has 0 bridgehead atoms. The van der Waals surface area contributed by atoms with Gasteiger partial charge in [0.1, 0.15) is 0 Å². The number of ether oxygens (including phenoxy) is 1. The standard InChI is InChI=1S/C27H29ClN2O2/c1-32-27(31)18-21-6-8-22(9-7-21)19-29-14-16-30(17-15-29)20-24-4-2-3-5-26(24)23-10-12-25(28)13-11-23/h2-13H,14-20H2,1H3. The molecule has 0 atom stereocenters. The number of halogens is 1. The Hall–Kier alpha value is -2.66. The van der Waals surface area contributed by atoms with Crippen LogP contribution in [0.15, 0.2) is 72.8 Å². The Labute approximate surface area is 195 Å². The molecule has 1 heterocycles. The van der Waals surface area contributed by atoms with Gasteiger partial charge in [0.2, 0.25) is 0 Å². The summed E-state index contributed by atoms with van der Waals surface area (Å²) in [6.07, 6.45) is 0.326. The van der Waals surface area contributed by atoms with Crippen molar-refractivity contribution in [2.45, 2.75) is 19.5 Å². The molecule has 0 radical (unpaired) electrons. The lowest BCUT2D eigenvalue weighted by atomic mass is 9.99. The van der Waals surface area contributed by atoms with Crippen molar-refractivity contribution >= 4 is 17.6 Å². The van der Waals surface area contributed by atoms with Crippen molar-refractivity contribution in [1.82, 2.24) is 9.80 Å². The van der Waals surface area contributed by atoms with E-state index in [0.717, 1.165) is 49.9 Å². The van der Waals surface area contributed by atoms with Crippen LogP contribution in [-0.2, 0) is 29.0 Å². The number of carbonyl (C=O) groups is 1. The molecule has 1 aliphatic rings. The fourth-order valence-electron chi connectivity index (χ4n) is 4.18. The Morgan fingerprint density at radius 3 is 2.06 bits per heavy atom. The van der Waals surface area contributed by atoms with Crippen LogP contribution < -0.4 is 0 Å². The largest absolute Gasteiger partial charge is 0.469 e. The molecule has 3 aromatic carbocycles. The molecular formula is C27H29ClN2O2. The first-order valence-corrected chi connectivity index (χ1v) is 11.4. The number of piperazine rings is 1. The zero-order valence-corrected chi connectivity index (χ0v) is 19.2. The lowest BCUT2D eigenvalue weighted by Crippen LogP contribution is -2.45. The molecule has 0 amide bonds. The molecule has 1 aliphatic heterocycles. The first-order chi connectivity index (χ1) is 15.6. The molecule has 166 valence electrons. The van der Waals surface area contributed by atoms with Gasteiger partial charge in [-0.05, 0) is 39.9 Å². The maximum absolute atomic E-state index is 11.4. The smallest absolute Gasteiger partial charge is 0.309 e. The topological polar surface area (TPSA) is 32.8 Å². The zero-order chi connectivity index (χ0) is 22.3. The van der Waals surface area contributed by atoms with Gasteiger partial charge in [0.05, 0.1) is 13.5 Å². The molecule has 0 unspecified atom stereocenters. The Balaban J connectivity index is 1.31. The van der Waals surface area contributed by atoms with Crippen LogP contribution in [0.5, 0.6) is 0 Å². The van der Waals surface area contributed by atoms with Crippen molar-refractivity contribution in [1.29, 1.82) is 0 Å². The van der Waals surface area contributed by atoms with E-state index in [1.165, 1.54) is 29.4 Å². The van der Waals surface area contributed by atoms with Crippen molar-refractivity contribution in [3.63, 3.8) is 0 Å². The fraction of sp³-hybridized carbons (Fsp3) is 0.296. The molecule has 3 aromatic rings. The van der Waals surface area contributed by atoms with Crippen LogP contribution >= 0.6 is 11.6 Å². The molecule has 0 N–H and O–H groups in total. The third-order valence-corrected chi connectivity index (χ3v) is 6.29. The van der Waals surface area contributed by atoms with Crippen molar-refractivity contribution in [3.05, 3.63) is 94.5 Å². The SMILES string of the molecule is COC(=O)Cc1ccc(CN2CCN(Cc3ccccc3-c3ccc(Cl)cc3)CC2)cc1. The number of hydrogen-bond acceptors (Lipinski definition) is 4. The van der Waals surface area contributed by atoms with Gasteiger partial charge in [-0.2, -0.15) is 0 Å². The van der Waals surface area contributed by atoms with E-state index in [2.05, 4.69) is 58.3 Å². The zero-order valence-electron chi connectivity index (χ0n) is 18.5. The molecule has 1 fully saturated rings. The lowest BCUT2D eigenvalue weighted by Gasteiger charge is -2.35. The minimum absolute atomic E-state index is 0.202. The molecule has 5 heteroatoms. The summed E-state index contributed by atoms with van der Waals surface area (Å²) in [6, 6.07) is 25.0. The molecule has 4 nitrogen and oxygen atoms in total. The second kappa shape index (κ2) is 10.8. The first kappa shape index (κ1) is 22.5. The van der Waals surface area contributed by atoms with Gasteiger partial charge in [-0.3, -0.25) is 14.6 Å². The number of hydrogen-bond donors (Lipinski definition) is 0. The summed E-state index contributed by atoms with van der Waals surface area (Å²) in [5.41, 5.74) is 6.10. The molecular weight excluding hydrogens is 420 g/mol. The quantitative estimate of drug-likeness (QED) is 0.474. The van der Waals surface area contributed by atoms with Crippen LogP contribution in [-0.4, -0.2) is 49.1 Å². The van der Waals surface area contributed by atoms with Gasteiger partial charge in [0.15, 0.2) is 0 Å². The van der Waals surface area contributed by atoms with E-state index >= 15 is 0 Å². The predicted molar refractivity (Wildman–Crippen MR) is 130 cm³/mol. The molecule has 32 heavy (non-hydrogen) atoms. The molecule has 4 rings (SSSR count). The monoisotopic (exact) mass is 448 g/mol. The van der Waals surface area contributed by atoms with Crippen molar-refractivity contribution in [3.8, 4) is 11.1 Å². The first-order valence-electron chi connectivity index (χ1n) is 11.0. The van der Waals surface area contributed by atoms with Crippen LogP contribution in [0, 0.1) is 0 Å². The molecule has 0 aromatic heterocycles. The number of esters is 1. The van der Waals surface area contributed by atoms with Gasteiger partial charge >= 0.3 is 5.97 Å². The van der Waals surface area contributed by atoms with Crippen molar-refractivity contribution < 1.29 is 9.53 Å². The summed E-state index contributed by atoms with van der Waals surface area (Å²) in [5, 5.41) is 0.764. The maximum Gasteiger partial charge on any atom is 0.309 e. The summed E-state index contributed by atoms with van der Waals surface area (Å²) in [5.74, 6) is -0.202.